The summed E-state index contributed by atoms with van der Waals surface area (Å²) in [6, 6.07) is 4.17. The average Bonchev–Trinajstić information content (AvgIpc) is 2.05. The van der Waals surface area contributed by atoms with Gasteiger partial charge in [-0.2, -0.15) is 13.2 Å². The minimum atomic E-state index is -4.22. The Bertz CT molecular complexity index is 357. The van der Waals surface area contributed by atoms with Crippen LogP contribution in [0.2, 0.25) is 0 Å². The Morgan fingerprint density at radius 1 is 1.36 bits per heavy atom. The molecule has 1 N–H and O–H groups in total. The first-order valence-corrected chi connectivity index (χ1v) is 4.39. The number of halogens is 3. The molecule has 1 atom stereocenters. The molecule has 0 aliphatic heterocycles. The molecular weight excluding hydrogens is 191 g/mol. The van der Waals surface area contributed by atoms with E-state index in [1.54, 1.807) is 6.07 Å². The molecule has 14 heavy (non-hydrogen) atoms. The van der Waals surface area contributed by atoms with Crippen molar-refractivity contribution in [1.82, 2.24) is 5.32 Å². The van der Waals surface area contributed by atoms with Crippen LogP contribution in [0.15, 0.2) is 18.2 Å². The van der Waals surface area contributed by atoms with Crippen molar-refractivity contribution in [1.29, 1.82) is 0 Å². The van der Waals surface area contributed by atoms with Gasteiger partial charge in [0.25, 0.3) is 0 Å². The molecule has 0 bridgehead atoms. The fourth-order valence-electron chi connectivity index (χ4n) is 1.76. The molecule has 1 nitrogen and oxygen atoms in total. The summed E-state index contributed by atoms with van der Waals surface area (Å²) in [7, 11) is 1.81. The first kappa shape index (κ1) is 9.52. The lowest BCUT2D eigenvalue weighted by Crippen LogP contribution is -2.28. The molecule has 0 amide bonds. The maximum Gasteiger partial charge on any atom is 0.416 e. The van der Waals surface area contributed by atoms with Crippen LogP contribution in [0.3, 0.4) is 0 Å². The third-order valence-corrected chi connectivity index (χ3v) is 2.62. The molecule has 0 saturated heterocycles. The smallest absolute Gasteiger partial charge is 0.313 e. The van der Waals surface area contributed by atoms with Gasteiger partial charge in [0, 0.05) is 6.04 Å². The van der Waals surface area contributed by atoms with Crippen molar-refractivity contribution in [3.05, 3.63) is 34.9 Å². The Labute approximate surface area is 79.9 Å². The summed E-state index contributed by atoms with van der Waals surface area (Å²) in [5.41, 5.74) is 1.24. The van der Waals surface area contributed by atoms with Gasteiger partial charge in [0.1, 0.15) is 0 Å². The predicted molar refractivity (Wildman–Crippen MR) is 46.9 cm³/mol. The van der Waals surface area contributed by atoms with Crippen molar-refractivity contribution >= 4 is 0 Å². The molecule has 1 unspecified atom stereocenters. The Balaban J connectivity index is 2.31. The largest absolute Gasteiger partial charge is 0.416 e. The summed E-state index contributed by atoms with van der Waals surface area (Å²) < 4.78 is 36.9. The van der Waals surface area contributed by atoms with Crippen LogP contribution in [0.5, 0.6) is 0 Å². The molecule has 1 aliphatic rings. The van der Waals surface area contributed by atoms with Crippen LogP contribution in [0.4, 0.5) is 13.2 Å². The van der Waals surface area contributed by atoms with E-state index in [0.717, 1.165) is 17.2 Å². The van der Waals surface area contributed by atoms with E-state index in [1.165, 1.54) is 6.07 Å². The topological polar surface area (TPSA) is 12.0 Å². The normalized spacial score (nSPS) is 20.1. The first-order valence-electron chi connectivity index (χ1n) is 4.39. The highest BCUT2D eigenvalue weighted by atomic mass is 19.4. The third-order valence-electron chi connectivity index (χ3n) is 2.62. The molecule has 0 radical (unpaired) electrons. The molecule has 0 heterocycles. The Morgan fingerprint density at radius 2 is 2.07 bits per heavy atom. The van der Waals surface area contributed by atoms with Gasteiger partial charge in [0.05, 0.1) is 5.56 Å². The van der Waals surface area contributed by atoms with Crippen molar-refractivity contribution in [2.45, 2.75) is 18.6 Å². The van der Waals surface area contributed by atoms with Gasteiger partial charge in [-0.15, -0.1) is 0 Å². The van der Waals surface area contributed by atoms with E-state index < -0.39 is 11.7 Å². The van der Waals surface area contributed by atoms with E-state index in [1.807, 2.05) is 7.05 Å². The molecule has 1 aromatic rings. The van der Waals surface area contributed by atoms with Gasteiger partial charge >= 0.3 is 6.18 Å². The van der Waals surface area contributed by atoms with Crippen LogP contribution in [0.25, 0.3) is 0 Å². The Kier molecular flexibility index (Phi) is 2.03. The van der Waals surface area contributed by atoms with Crippen molar-refractivity contribution in [3.63, 3.8) is 0 Å². The zero-order chi connectivity index (χ0) is 10.3. The number of benzene rings is 1. The quantitative estimate of drug-likeness (QED) is 0.736. The van der Waals surface area contributed by atoms with E-state index in [-0.39, 0.29) is 6.04 Å². The van der Waals surface area contributed by atoms with Crippen LogP contribution in [0.1, 0.15) is 22.7 Å². The van der Waals surface area contributed by atoms with Crippen LogP contribution in [-0.2, 0) is 12.6 Å². The standard InChI is InChI=1S/C10H10F3N/c1-14-9-5-6-4-7(10(11,12)13)2-3-8(6)9/h2-4,9,14H,5H2,1H3. The molecule has 0 spiro atoms. The molecule has 0 fully saturated rings. The molecular formula is C10H10F3N. The maximum atomic E-state index is 12.3. The number of hydrogen-bond acceptors (Lipinski definition) is 1. The fourth-order valence-corrected chi connectivity index (χ4v) is 1.76. The number of likely N-dealkylation sites (N-methyl/N-ethyl adjacent to an activating group) is 1. The molecule has 2 rings (SSSR count). The van der Waals surface area contributed by atoms with Crippen molar-refractivity contribution < 1.29 is 13.2 Å². The van der Waals surface area contributed by atoms with E-state index in [2.05, 4.69) is 5.32 Å². The Hall–Kier alpha value is -1.03. The molecule has 76 valence electrons. The van der Waals surface area contributed by atoms with Crippen LogP contribution >= 0.6 is 0 Å². The SMILES string of the molecule is CNC1Cc2cc(C(F)(F)F)ccc21. The second kappa shape index (κ2) is 2.98. The van der Waals surface area contributed by atoms with Gasteiger partial charge in [-0.05, 0) is 36.7 Å². The maximum absolute atomic E-state index is 12.3. The van der Waals surface area contributed by atoms with Crippen molar-refractivity contribution in [2.75, 3.05) is 7.05 Å². The number of alkyl halides is 3. The van der Waals surface area contributed by atoms with Gasteiger partial charge < -0.3 is 5.32 Å². The van der Waals surface area contributed by atoms with E-state index in [0.29, 0.717) is 6.42 Å². The second-order valence-electron chi connectivity index (χ2n) is 3.46. The van der Waals surface area contributed by atoms with E-state index in [9.17, 15) is 13.2 Å². The average molecular weight is 201 g/mol. The first-order chi connectivity index (χ1) is 6.52. The lowest BCUT2D eigenvalue weighted by molar-refractivity contribution is -0.137. The molecule has 0 aromatic heterocycles. The number of fused-ring (bicyclic) bond motifs is 1. The summed E-state index contributed by atoms with van der Waals surface area (Å²) in [6.07, 6.45) is -3.53. The van der Waals surface area contributed by atoms with Gasteiger partial charge in [-0.25, -0.2) is 0 Å². The summed E-state index contributed by atoms with van der Waals surface area (Å²) in [6.45, 7) is 0. The number of nitrogens with one attached hydrogen (secondary N) is 1. The zero-order valence-corrected chi connectivity index (χ0v) is 7.65. The molecule has 1 aromatic carbocycles. The number of rotatable bonds is 1. The highest BCUT2D eigenvalue weighted by molar-refractivity contribution is 5.42. The van der Waals surface area contributed by atoms with Crippen molar-refractivity contribution in [2.24, 2.45) is 0 Å². The molecule has 0 saturated carbocycles. The fraction of sp³-hybridized carbons (Fsp3) is 0.400. The van der Waals surface area contributed by atoms with Crippen LogP contribution in [-0.4, -0.2) is 7.05 Å². The van der Waals surface area contributed by atoms with Crippen LogP contribution < -0.4 is 5.32 Å². The van der Waals surface area contributed by atoms with Gasteiger partial charge in [0.2, 0.25) is 0 Å². The molecule has 4 heteroatoms. The third kappa shape index (κ3) is 1.39. The van der Waals surface area contributed by atoms with Crippen LogP contribution in [0, 0.1) is 0 Å². The predicted octanol–water partition coefficient (Wildman–Crippen LogP) is 2.52. The van der Waals surface area contributed by atoms with Gasteiger partial charge in [0.15, 0.2) is 0 Å². The summed E-state index contributed by atoms with van der Waals surface area (Å²) in [5, 5.41) is 3.03. The highest BCUT2D eigenvalue weighted by Gasteiger charge is 2.33. The van der Waals surface area contributed by atoms with E-state index >= 15 is 0 Å². The highest BCUT2D eigenvalue weighted by Crippen LogP contribution is 2.37. The monoisotopic (exact) mass is 201 g/mol. The zero-order valence-electron chi connectivity index (χ0n) is 7.65. The van der Waals surface area contributed by atoms with Gasteiger partial charge in [-0.3, -0.25) is 0 Å². The van der Waals surface area contributed by atoms with Crippen molar-refractivity contribution in [3.8, 4) is 0 Å². The van der Waals surface area contributed by atoms with E-state index in [4.69, 9.17) is 0 Å². The minimum absolute atomic E-state index is 0.229. The van der Waals surface area contributed by atoms with Gasteiger partial charge in [-0.1, -0.05) is 6.07 Å². The summed E-state index contributed by atoms with van der Waals surface area (Å²) >= 11 is 0. The summed E-state index contributed by atoms with van der Waals surface area (Å²) in [4.78, 5) is 0. The Morgan fingerprint density at radius 3 is 2.57 bits per heavy atom. The molecule has 1 aliphatic carbocycles. The lowest BCUT2D eigenvalue weighted by atomic mass is 9.82. The second-order valence-corrected chi connectivity index (χ2v) is 3.46. The minimum Gasteiger partial charge on any atom is -0.313 e. The summed E-state index contributed by atoms with van der Waals surface area (Å²) in [5.74, 6) is 0. The number of hydrogen-bond donors (Lipinski definition) is 1. The lowest BCUT2D eigenvalue weighted by Gasteiger charge is -2.30.